The third-order valence-electron chi connectivity index (χ3n) is 4.40. The maximum Gasteiger partial charge on any atom is 0.223 e. The Hall–Kier alpha value is -3.12. The molecule has 0 bridgehead atoms. The van der Waals surface area contributed by atoms with Crippen molar-refractivity contribution in [3.8, 4) is 16.9 Å². The molecule has 5 nitrogen and oxygen atoms in total. The summed E-state index contributed by atoms with van der Waals surface area (Å²) in [7, 11) is 0. The van der Waals surface area contributed by atoms with Crippen LogP contribution < -0.4 is 10.1 Å². The molecule has 3 aromatic carbocycles. The summed E-state index contributed by atoms with van der Waals surface area (Å²) in [4.78, 5) is 4.12. The predicted octanol–water partition coefficient (Wildman–Crippen LogP) is 6.00. The number of nitrogens with one attached hydrogen (secondary N) is 1. The number of ether oxygens (including phenoxy) is 1. The van der Waals surface area contributed by atoms with E-state index in [1.807, 2.05) is 24.3 Å². The third-order valence-corrected chi connectivity index (χ3v) is 4.93. The first-order valence-electron chi connectivity index (χ1n) is 9.26. The van der Waals surface area contributed by atoms with Gasteiger partial charge in [0.05, 0.1) is 0 Å². The zero-order valence-electron chi connectivity index (χ0n) is 15.9. The molecule has 0 radical (unpaired) electrons. The number of benzene rings is 3. The summed E-state index contributed by atoms with van der Waals surface area (Å²) >= 11 is 3.48. The van der Waals surface area contributed by atoms with Gasteiger partial charge in [-0.05, 0) is 53.1 Å². The highest BCUT2D eigenvalue weighted by Gasteiger charge is 2.04. The fourth-order valence-electron chi connectivity index (χ4n) is 2.91. The molecule has 0 aliphatic carbocycles. The van der Waals surface area contributed by atoms with E-state index in [-0.39, 0.29) is 6.61 Å². The number of anilines is 1. The van der Waals surface area contributed by atoms with Gasteiger partial charge in [0.1, 0.15) is 5.75 Å². The highest BCUT2D eigenvalue weighted by molar-refractivity contribution is 9.10. The summed E-state index contributed by atoms with van der Waals surface area (Å²) in [5.41, 5.74) is 4.62. The molecule has 1 N–H and O–H groups in total. The van der Waals surface area contributed by atoms with Crippen LogP contribution >= 0.6 is 15.9 Å². The summed E-state index contributed by atoms with van der Waals surface area (Å²) in [5.74, 6) is 1.85. The first kappa shape index (κ1) is 19.2. The Morgan fingerprint density at radius 1 is 0.966 bits per heavy atom. The molecule has 0 spiro atoms. The molecule has 29 heavy (non-hydrogen) atoms. The molecule has 0 amide bonds. The number of aromatic nitrogens is 2. The van der Waals surface area contributed by atoms with Gasteiger partial charge in [-0.3, -0.25) is 0 Å². The third kappa shape index (κ3) is 5.23. The van der Waals surface area contributed by atoms with Gasteiger partial charge in [0.25, 0.3) is 0 Å². The van der Waals surface area contributed by atoms with Gasteiger partial charge in [0, 0.05) is 23.6 Å². The van der Waals surface area contributed by atoms with Gasteiger partial charge in [-0.1, -0.05) is 57.5 Å². The van der Waals surface area contributed by atoms with Crippen molar-refractivity contribution in [1.82, 2.24) is 10.1 Å². The van der Waals surface area contributed by atoms with E-state index in [2.05, 4.69) is 79.9 Å². The maximum atomic E-state index is 5.69. The lowest BCUT2D eigenvalue weighted by Crippen LogP contribution is -2.00. The molecule has 146 valence electrons. The van der Waals surface area contributed by atoms with Crippen LogP contribution in [0.1, 0.15) is 17.3 Å². The minimum Gasteiger partial charge on any atom is -0.485 e. The molecule has 1 aromatic heterocycles. The van der Waals surface area contributed by atoms with E-state index in [0.717, 1.165) is 22.5 Å². The molecular weight excluding hydrogens is 430 g/mol. The Morgan fingerprint density at radius 2 is 1.76 bits per heavy atom. The lowest BCUT2D eigenvalue weighted by Gasteiger charge is -2.10. The lowest BCUT2D eigenvalue weighted by molar-refractivity contribution is 0.285. The average Bonchev–Trinajstić information content (AvgIpc) is 3.17. The minimum absolute atomic E-state index is 0.289. The van der Waals surface area contributed by atoms with Gasteiger partial charge in [0.15, 0.2) is 6.61 Å². The van der Waals surface area contributed by atoms with Crippen molar-refractivity contribution in [1.29, 1.82) is 0 Å². The quantitative estimate of drug-likeness (QED) is 0.374. The first-order valence-corrected chi connectivity index (χ1v) is 10.1. The average molecular weight is 450 g/mol. The van der Waals surface area contributed by atoms with Crippen LogP contribution in [0.5, 0.6) is 5.75 Å². The predicted molar refractivity (Wildman–Crippen MR) is 117 cm³/mol. The summed E-state index contributed by atoms with van der Waals surface area (Å²) in [6.07, 6.45) is 0. The van der Waals surface area contributed by atoms with E-state index >= 15 is 0 Å². The van der Waals surface area contributed by atoms with Gasteiger partial charge in [0.2, 0.25) is 11.7 Å². The van der Waals surface area contributed by atoms with E-state index in [0.29, 0.717) is 11.7 Å². The molecule has 1 heterocycles. The Kier molecular flexibility index (Phi) is 5.91. The highest BCUT2D eigenvalue weighted by Crippen LogP contribution is 2.24. The molecule has 4 rings (SSSR count). The normalized spacial score (nSPS) is 10.7. The molecule has 6 heteroatoms. The minimum atomic E-state index is 0.289. The van der Waals surface area contributed by atoms with Crippen LogP contribution in [0.25, 0.3) is 11.1 Å². The standard InChI is InChI=1S/C23H20BrN3O2/c1-16-26-23(27-29-16)15-28-22-11-5-17(6-12-22)14-25-21-4-2-3-19(13-21)18-7-9-20(24)10-8-18/h2-13,25H,14-15H2,1H3. The Labute approximate surface area is 177 Å². The van der Waals surface area contributed by atoms with Crippen LogP contribution in [0.3, 0.4) is 0 Å². The maximum absolute atomic E-state index is 5.69. The summed E-state index contributed by atoms with van der Waals surface area (Å²) in [6, 6.07) is 24.7. The summed E-state index contributed by atoms with van der Waals surface area (Å²) in [5, 5.41) is 7.30. The monoisotopic (exact) mass is 449 g/mol. The number of hydrogen-bond acceptors (Lipinski definition) is 5. The molecule has 4 aromatic rings. The largest absolute Gasteiger partial charge is 0.485 e. The van der Waals surface area contributed by atoms with E-state index in [1.54, 1.807) is 6.92 Å². The first-order chi connectivity index (χ1) is 14.2. The van der Waals surface area contributed by atoms with Crippen molar-refractivity contribution in [3.63, 3.8) is 0 Å². The van der Waals surface area contributed by atoms with Crippen LogP contribution in [-0.4, -0.2) is 10.1 Å². The van der Waals surface area contributed by atoms with Crippen molar-refractivity contribution < 1.29 is 9.26 Å². The Morgan fingerprint density at radius 3 is 2.48 bits per heavy atom. The van der Waals surface area contributed by atoms with Gasteiger partial charge in [-0.15, -0.1) is 0 Å². The SMILES string of the molecule is Cc1nc(COc2ccc(CNc3cccc(-c4ccc(Br)cc4)c3)cc2)no1. The molecular formula is C23H20BrN3O2. The number of aryl methyl sites for hydroxylation is 1. The van der Waals surface area contributed by atoms with Crippen LogP contribution in [0, 0.1) is 6.92 Å². The second-order valence-electron chi connectivity index (χ2n) is 6.60. The number of hydrogen-bond donors (Lipinski definition) is 1. The number of halogens is 1. The fraction of sp³-hybridized carbons (Fsp3) is 0.130. The molecule has 0 atom stereocenters. The number of nitrogens with zero attached hydrogens (tertiary/aromatic N) is 2. The van der Waals surface area contributed by atoms with E-state index in [9.17, 15) is 0 Å². The molecule has 0 fully saturated rings. The molecule has 0 aliphatic rings. The lowest BCUT2D eigenvalue weighted by atomic mass is 10.1. The van der Waals surface area contributed by atoms with Gasteiger partial charge >= 0.3 is 0 Å². The summed E-state index contributed by atoms with van der Waals surface area (Å²) in [6.45, 7) is 2.78. The molecule has 0 aliphatic heterocycles. The van der Waals surface area contributed by atoms with Crippen molar-refractivity contribution in [2.24, 2.45) is 0 Å². The smallest absolute Gasteiger partial charge is 0.223 e. The van der Waals surface area contributed by atoms with E-state index in [1.165, 1.54) is 16.7 Å². The Balaban J connectivity index is 1.34. The Bertz CT molecular complexity index is 1080. The van der Waals surface area contributed by atoms with Crippen molar-refractivity contribution in [3.05, 3.63) is 94.5 Å². The van der Waals surface area contributed by atoms with Crippen LogP contribution in [0.15, 0.2) is 81.8 Å². The molecule has 0 unspecified atom stereocenters. The topological polar surface area (TPSA) is 60.2 Å². The van der Waals surface area contributed by atoms with Crippen molar-refractivity contribution in [2.75, 3.05) is 5.32 Å². The van der Waals surface area contributed by atoms with E-state index in [4.69, 9.17) is 9.26 Å². The van der Waals surface area contributed by atoms with Gasteiger partial charge in [-0.2, -0.15) is 4.98 Å². The van der Waals surface area contributed by atoms with Crippen molar-refractivity contribution in [2.45, 2.75) is 20.1 Å². The zero-order chi connectivity index (χ0) is 20.1. The number of rotatable bonds is 7. The molecule has 0 saturated carbocycles. The van der Waals surface area contributed by atoms with Gasteiger partial charge < -0.3 is 14.6 Å². The zero-order valence-corrected chi connectivity index (χ0v) is 17.5. The van der Waals surface area contributed by atoms with Crippen LogP contribution in [0.4, 0.5) is 5.69 Å². The summed E-state index contributed by atoms with van der Waals surface area (Å²) < 4.78 is 11.7. The van der Waals surface area contributed by atoms with E-state index < -0.39 is 0 Å². The second-order valence-corrected chi connectivity index (χ2v) is 7.52. The molecule has 0 saturated heterocycles. The van der Waals surface area contributed by atoms with Crippen molar-refractivity contribution >= 4 is 21.6 Å². The van der Waals surface area contributed by atoms with Crippen LogP contribution in [0.2, 0.25) is 0 Å². The fourth-order valence-corrected chi connectivity index (χ4v) is 3.17. The second kappa shape index (κ2) is 8.92. The highest BCUT2D eigenvalue weighted by atomic mass is 79.9. The van der Waals surface area contributed by atoms with Gasteiger partial charge in [-0.25, -0.2) is 0 Å². The van der Waals surface area contributed by atoms with Crippen LogP contribution in [-0.2, 0) is 13.2 Å².